The Bertz CT molecular complexity index is 436. The number of nitrogens with zero attached hydrogens (tertiary/aromatic N) is 2. The smallest absolute Gasteiger partial charge is 0.439 e. The molecule has 1 fully saturated rings. The summed E-state index contributed by atoms with van der Waals surface area (Å²) in [5, 5.41) is 10.1. The van der Waals surface area contributed by atoms with Crippen molar-refractivity contribution in [1.29, 1.82) is 0 Å². The van der Waals surface area contributed by atoms with Crippen molar-refractivity contribution in [3.63, 3.8) is 0 Å². The Morgan fingerprint density at radius 3 is 2.88 bits per heavy atom. The molecule has 1 aliphatic rings. The molecule has 2 rings (SSSR count). The van der Waals surface area contributed by atoms with E-state index in [1.165, 1.54) is 11.3 Å². The van der Waals surface area contributed by atoms with Gasteiger partial charge in [-0.1, -0.05) is 0 Å². The molecule has 0 saturated carbocycles. The molecule has 84 valence electrons. The van der Waals surface area contributed by atoms with Gasteiger partial charge in [-0.05, 0) is 0 Å². The summed E-state index contributed by atoms with van der Waals surface area (Å²) in [7, 11) is 0. The van der Waals surface area contributed by atoms with Crippen LogP contribution in [0.4, 0.5) is 9.93 Å². The number of imide groups is 1. The summed E-state index contributed by atoms with van der Waals surface area (Å²) in [6, 6.07) is -1.55. The van der Waals surface area contributed by atoms with Gasteiger partial charge in [0.1, 0.15) is 0 Å². The van der Waals surface area contributed by atoms with Crippen molar-refractivity contribution >= 4 is 34.3 Å². The minimum Gasteiger partial charge on any atom is -0.439 e. The largest absolute Gasteiger partial charge is 1.00 e. The number of hydrogen-bond acceptors (Lipinski definition) is 5. The number of amides is 4. The minimum atomic E-state index is -0.854. The van der Waals surface area contributed by atoms with Gasteiger partial charge in [-0.25, -0.2) is 4.98 Å². The van der Waals surface area contributed by atoms with Crippen LogP contribution in [0.1, 0.15) is 6.42 Å². The van der Waals surface area contributed by atoms with Gasteiger partial charge in [0.05, 0.1) is 0 Å². The van der Waals surface area contributed by atoms with Gasteiger partial charge in [0.2, 0.25) is 5.91 Å². The molecule has 1 aliphatic heterocycles. The van der Waals surface area contributed by atoms with E-state index < -0.39 is 18.0 Å². The van der Waals surface area contributed by atoms with Gasteiger partial charge in [-0.15, -0.1) is 11.3 Å². The SMILES string of the molecule is O=C(CC1NC(=O)[N-]C1=O)Nc1nccs1.[K+]. The molecule has 9 heteroatoms. The van der Waals surface area contributed by atoms with Crippen molar-refractivity contribution in [2.24, 2.45) is 0 Å². The fourth-order valence-electron chi connectivity index (χ4n) is 1.20. The van der Waals surface area contributed by atoms with Crippen LogP contribution in [0.15, 0.2) is 11.6 Å². The maximum absolute atomic E-state index is 11.4. The van der Waals surface area contributed by atoms with E-state index in [0.717, 1.165) is 0 Å². The van der Waals surface area contributed by atoms with Gasteiger partial charge in [-0.2, -0.15) is 0 Å². The first-order valence-corrected chi connectivity index (χ1v) is 5.28. The topological polar surface area (TPSA) is 102 Å². The first-order valence-electron chi connectivity index (χ1n) is 4.40. The molecule has 0 spiro atoms. The molecule has 1 saturated heterocycles. The van der Waals surface area contributed by atoms with E-state index in [-0.39, 0.29) is 63.7 Å². The normalized spacial score (nSPS) is 18.0. The molecule has 0 radical (unpaired) electrons. The van der Waals surface area contributed by atoms with E-state index in [1.807, 2.05) is 0 Å². The van der Waals surface area contributed by atoms with Crippen molar-refractivity contribution in [3.8, 4) is 0 Å². The maximum atomic E-state index is 11.4. The van der Waals surface area contributed by atoms with Crippen molar-refractivity contribution in [2.75, 3.05) is 5.32 Å². The number of nitrogens with one attached hydrogen (secondary N) is 2. The third-order valence-electron chi connectivity index (χ3n) is 1.88. The quantitative estimate of drug-likeness (QED) is 0.470. The van der Waals surface area contributed by atoms with Crippen LogP contribution in [0.5, 0.6) is 0 Å². The van der Waals surface area contributed by atoms with Gasteiger partial charge in [0.15, 0.2) is 17.1 Å². The predicted molar refractivity (Wildman–Crippen MR) is 56.0 cm³/mol. The fraction of sp³-hybridized carbons (Fsp3) is 0.250. The number of anilines is 1. The Morgan fingerprint density at radius 2 is 2.35 bits per heavy atom. The molecule has 1 aromatic heterocycles. The van der Waals surface area contributed by atoms with Crippen molar-refractivity contribution < 1.29 is 65.8 Å². The van der Waals surface area contributed by atoms with Crippen molar-refractivity contribution in [2.45, 2.75) is 12.5 Å². The predicted octanol–water partition coefficient (Wildman–Crippen LogP) is -2.53. The van der Waals surface area contributed by atoms with Crippen LogP contribution in [0, 0.1) is 0 Å². The van der Waals surface area contributed by atoms with E-state index in [4.69, 9.17) is 0 Å². The maximum Gasteiger partial charge on any atom is 1.00 e. The molecule has 1 atom stereocenters. The summed E-state index contributed by atoms with van der Waals surface area (Å²) in [6.07, 6.45) is 1.42. The number of urea groups is 1. The fourth-order valence-corrected chi connectivity index (χ4v) is 1.75. The number of carbonyl (C=O) groups is 3. The molecule has 7 nitrogen and oxygen atoms in total. The zero-order chi connectivity index (χ0) is 11.5. The molecular formula is C8H7KN4O3S. The van der Waals surface area contributed by atoms with Gasteiger partial charge in [0.25, 0.3) is 0 Å². The number of hydrogen-bond donors (Lipinski definition) is 2. The van der Waals surface area contributed by atoms with Crippen LogP contribution in [0.3, 0.4) is 0 Å². The van der Waals surface area contributed by atoms with Crippen LogP contribution in [0.2, 0.25) is 0 Å². The van der Waals surface area contributed by atoms with Crippen molar-refractivity contribution in [3.05, 3.63) is 16.9 Å². The number of thiazole rings is 1. The van der Waals surface area contributed by atoms with Crippen LogP contribution in [0.25, 0.3) is 5.32 Å². The van der Waals surface area contributed by atoms with Crippen molar-refractivity contribution in [1.82, 2.24) is 10.3 Å². The molecule has 17 heavy (non-hydrogen) atoms. The summed E-state index contributed by atoms with van der Waals surface area (Å²) in [6.45, 7) is 0. The molecular weight excluding hydrogens is 271 g/mol. The zero-order valence-corrected chi connectivity index (χ0v) is 12.9. The summed E-state index contributed by atoms with van der Waals surface area (Å²) in [5.74, 6) is -0.995. The Hall–Kier alpha value is -0.324. The molecule has 2 N–H and O–H groups in total. The van der Waals surface area contributed by atoms with Crippen LogP contribution in [-0.2, 0) is 9.59 Å². The van der Waals surface area contributed by atoms with E-state index in [0.29, 0.717) is 5.13 Å². The van der Waals surface area contributed by atoms with Crippen LogP contribution < -0.4 is 62.0 Å². The van der Waals surface area contributed by atoms with E-state index in [2.05, 4.69) is 20.9 Å². The first kappa shape index (κ1) is 14.7. The summed E-state index contributed by atoms with van der Waals surface area (Å²) < 4.78 is 0. The Labute approximate surface area is 143 Å². The van der Waals surface area contributed by atoms with Crippen LogP contribution in [-0.4, -0.2) is 28.9 Å². The summed E-state index contributed by atoms with van der Waals surface area (Å²) in [4.78, 5) is 37.1. The summed E-state index contributed by atoms with van der Waals surface area (Å²) in [5.41, 5.74) is 0. The molecule has 0 bridgehead atoms. The Morgan fingerprint density at radius 1 is 1.59 bits per heavy atom. The molecule has 2 heterocycles. The van der Waals surface area contributed by atoms with Crippen LogP contribution >= 0.6 is 11.3 Å². The zero-order valence-electron chi connectivity index (χ0n) is 8.97. The average molecular weight is 278 g/mol. The molecule has 0 aliphatic carbocycles. The standard InChI is InChI=1S/C8H8N4O3S.K/c13-5(11-8-9-1-2-16-8)3-4-6(14)12-7(15)10-4;/h1-2,4H,3H2,(H3,9,10,11,12,13,14,15);/q;+1/p-1. The second kappa shape index (κ2) is 6.57. The van der Waals surface area contributed by atoms with Gasteiger partial charge < -0.3 is 16.0 Å². The number of rotatable bonds is 3. The third kappa shape index (κ3) is 4.12. The average Bonchev–Trinajstić information content (AvgIpc) is 2.78. The van der Waals surface area contributed by atoms with Gasteiger partial charge >= 0.3 is 51.4 Å². The molecule has 0 aromatic carbocycles. The second-order valence-corrected chi connectivity index (χ2v) is 3.94. The van der Waals surface area contributed by atoms with E-state index in [1.54, 1.807) is 11.6 Å². The Balaban J connectivity index is 0.00000144. The first-order chi connectivity index (χ1) is 7.65. The van der Waals surface area contributed by atoms with Gasteiger partial charge in [0, 0.05) is 24.0 Å². The minimum absolute atomic E-state index is 0. The molecule has 1 aromatic rings. The molecule has 1 unspecified atom stereocenters. The van der Waals surface area contributed by atoms with Gasteiger partial charge in [-0.3, -0.25) is 14.4 Å². The second-order valence-electron chi connectivity index (χ2n) is 3.04. The molecule has 4 amide bonds. The van der Waals surface area contributed by atoms with E-state index >= 15 is 0 Å². The number of aromatic nitrogens is 1. The Kier molecular flexibility index (Phi) is 5.69. The number of carbonyl (C=O) groups excluding carboxylic acids is 3. The summed E-state index contributed by atoms with van der Waals surface area (Å²) >= 11 is 1.27. The van der Waals surface area contributed by atoms with E-state index in [9.17, 15) is 14.4 Å². The monoisotopic (exact) mass is 278 g/mol. The third-order valence-corrected chi connectivity index (χ3v) is 2.56.